The zero-order chi connectivity index (χ0) is 19.0. The van der Waals surface area contributed by atoms with Gasteiger partial charge in [-0.3, -0.25) is 14.6 Å². The van der Waals surface area contributed by atoms with Gasteiger partial charge >= 0.3 is 5.97 Å². The van der Waals surface area contributed by atoms with Gasteiger partial charge in [0.1, 0.15) is 12.4 Å². The number of carbonyl (C=O) groups excluding carboxylic acids is 2. The van der Waals surface area contributed by atoms with E-state index in [1.165, 1.54) is 4.68 Å². The number of nitrogens with zero attached hydrogens (tertiary/aromatic N) is 3. The van der Waals surface area contributed by atoms with E-state index in [2.05, 4.69) is 21.5 Å². The van der Waals surface area contributed by atoms with Crippen LogP contribution in [0.1, 0.15) is 36.1 Å². The summed E-state index contributed by atoms with van der Waals surface area (Å²) in [4.78, 5) is 28.6. The Kier molecular flexibility index (Phi) is 4.35. The standard InChI is InChI=1S/C20H20N4O3/c1-3-27-18(26)11-24-20-19(12(2)23-24)15(10-17(25)22-20)13-6-7-16-14(9-13)5-4-8-21-16/h4-9,15H,3,10-11H2,1-2H3,(H,22,25)/t15-/m1/s1. The van der Waals surface area contributed by atoms with Gasteiger partial charge in [-0.1, -0.05) is 12.1 Å². The molecule has 0 spiro atoms. The summed E-state index contributed by atoms with van der Waals surface area (Å²) >= 11 is 0. The molecule has 7 heteroatoms. The Morgan fingerprint density at radius 3 is 3.04 bits per heavy atom. The van der Waals surface area contributed by atoms with Gasteiger partial charge in [-0.05, 0) is 37.6 Å². The molecule has 0 aliphatic carbocycles. The molecule has 1 atom stereocenters. The second-order valence-corrected chi connectivity index (χ2v) is 6.57. The lowest BCUT2D eigenvalue weighted by molar-refractivity contribution is -0.144. The lowest BCUT2D eigenvalue weighted by Gasteiger charge is -2.24. The SMILES string of the molecule is CCOC(=O)Cn1nc(C)c2c1NC(=O)C[C@@H]2c1ccc2ncccc2c1. The van der Waals surface area contributed by atoms with Crippen LogP contribution in [0.25, 0.3) is 10.9 Å². The molecule has 1 aliphatic heterocycles. The highest BCUT2D eigenvalue weighted by Crippen LogP contribution is 2.39. The Hall–Kier alpha value is -3.22. The molecular weight excluding hydrogens is 344 g/mol. The number of carbonyl (C=O) groups is 2. The molecule has 7 nitrogen and oxygen atoms in total. The molecule has 1 N–H and O–H groups in total. The van der Waals surface area contributed by atoms with Crippen molar-refractivity contribution in [2.75, 3.05) is 11.9 Å². The molecule has 2 aromatic heterocycles. The number of pyridine rings is 1. The molecule has 1 aromatic carbocycles. The van der Waals surface area contributed by atoms with Gasteiger partial charge in [0.05, 0.1) is 17.8 Å². The van der Waals surface area contributed by atoms with Gasteiger partial charge in [-0.2, -0.15) is 5.10 Å². The van der Waals surface area contributed by atoms with E-state index in [9.17, 15) is 9.59 Å². The molecule has 0 unspecified atom stereocenters. The van der Waals surface area contributed by atoms with Gasteiger partial charge in [0.15, 0.2) is 0 Å². The number of esters is 1. The Labute approximate surface area is 156 Å². The van der Waals surface area contributed by atoms with Crippen LogP contribution in [0.4, 0.5) is 5.82 Å². The monoisotopic (exact) mass is 364 g/mol. The van der Waals surface area contributed by atoms with Crippen LogP contribution < -0.4 is 5.32 Å². The normalized spacial score (nSPS) is 16.1. The van der Waals surface area contributed by atoms with Crippen molar-refractivity contribution in [2.45, 2.75) is 32.7 Å². The number of fused-ring (bicyclic) bond motifs is 2. The Morgan fingerprint density at radius 1 is 1.37 bits per heavy atom. The predicted octanol–water partition coefficient (Wildman–Crippen LogP) is 2.78. The van der Waals surface area contributed by atoms with Crippen molar-refractivity contribution in [2.24, 2.45) is 0 Å². The third-order valence-electron chi connectivity index (χ3n) is 4.78. The number of amides is 1. The van der Waals surface area contributed by atoms with Gasteiger partial charge in [0, 0.05) is 29.5 Å². The van der Waals surface area contributed by atoms with E-state index in [1.54, 1.807) is 13.1 Å². The minimum atomic E-state index is -0.379. The first-order valence-electron chi connectivity index (χ1n) is 8.94. The number of rotatable bonds is 4. The molecule has 3 aromatic rings. The number of anilines is 1. The smallest absolute Gasteiger partial charge is 0.327 e. The maximum Gasteiger partial charge on any atom is 0.327 e. The van der Waals surface area contributed by atoms with Crippen molar-refractivity contribution in [1.82, 2.24) is 14.8 Å². The molecular formula is C20H20N4O3. The summed E-state index contributed by atoms with van der Waals surface area (Å²) in [6, 6.07) is 9.94. The zero-order valence-corrected chi connectivity index (χ0v) is 15.2. The number of hydrogen-bond donors (Lipinski definition) is 1. The second kappa shape index (κ2) is 6.83. The predicted molar refractivity (Wildman–Crippen MR) is 100 cm³/mol. The van der Waals surface area contributed by atoms with Crippen LogP contribution in [0.2, 0.25) is 0 Å². The Bertz CT molecular complexity index is 1040. The fourth-order valence-electron chi connectivity index (χ4n) is 3.65. The summed E-state index contributed by atoms with van der Waals surface area (Å²) in [7, 11) is 0. The van der Waals surface area contributed by atoms with Gasteiger partial charge < -0.3 is 10.1 Å². The average Bonchev–Trinajstić information content (AvgIpc) is 2.96. The van der Waals surface area contributed by atoms with E-state index < -0.39 is 0 Å². The first-order chi connectivity index (χ1) is 13.1. The largest absolute Gasteiger partial charge is 0.465 e. The molecule has 3 heterocycles. The van der Waals surface area contributed by atoms with Crippen molar-refractivity contribution < 1.29 is 14.3 Å². The quantitative estimate of drug-likeness (QED) is 0.720. The second-order valence-electron chi connectivity index (χ2n) is 6.57. The average molecular weight is 364 g/mol. The van der Waals surface area contributed by atoms with Crippen molar-refractivity contribution in [3.8, 4) is 0 Å². The van der Waals surface area contributed by atoms with Crippen LogP contribution in [-0.4, -0.2) is 33.2 Å². The number of aryl methyl sites for hydroxylation is 1. The molecule has 138 valence electrons. The van der Waals surface area contributed by atoms with Crippen LogP contribution in [0.5, 0.6) is 0 Å². The number of benzene rings is 1. The number of hydrogen-bond acceptors (Lipinski definition) is 5. The highest BCUT2D eigenvalue weighted by molar-refractivity contribution is 5.95. The number of ether oxygens (including phenoxy) is 1. The van der Waals surface area contributed by atoms with E-state index in [4.69, 9.17) is 4.74 Å². The summed E-state index contributed by atoms with van der Waals surface area (Å²) in [6.45, 7) is 3.93. The fraction of sp³-hybridized carbons (Fsp3) is 0.300. The Morgan fingerprint density at radius 2 is 2.22 bits per heavy atom. The molecule has 0 bridgehead atoms. The number of nitrogens with one attached hydrogen (secondary N) is 1. The molecule has 0 saturated heterocycles. The van der Waals surface area contributed by atoms with Crippen LogP contribution in [-0.2, 0) is 20.9 Å². The van der Waals surface area contributed by atoms with Gasteiger partial charge in [-0.25, -0.2) is 4.68 Å². The maximum absolute atomic E-state index is 12.4. The number of aromatic nitrogens is 3. The van der Waals surface area contributed by atoms with Crippen molar-refractivity contribution in [3.63, 3.8) is 0 Å². The molecule has 1 aliphatic rings. The van der Waals surface area contributed by atoms with Gasteiger partial charge in [0.25, 0.3) is 0 Å². The summed E-state index contributed by atoms with van der Waals surface area (Å²) in [5, 5.41) is 8.38. The van der Waals surface area contributed by atoms with Crippen LogP contribution in [0, 0.1) is 6.92 Å². The molecule has 0 saturated carbocycles. The maximum atomic E-state index is 12.4. The van der Waals surface area contributed by atoms with Crippen LogP contribution in [0.3, 0.4) is 0 Å². The highest BCUT2D eigenvalue weighted by Gasteiger charge is 2.32. The summed E-state index contributed by atoms with van der Waals surface area (Å²) in [5.41, 5.74) is 3.69. The molecule has 0 radical (unpaired) electrons. The highest BCUT2D eigenvalue weighted by atomic mass is 16.5. The lowest BCUT2D eigenvalue weighted by Crippen LogP contribution is -2.26. The van der Waals surface area contributed by atoms with Crippen LogP contribution in [0.15, 0.2) is 36.5 Å². The summed E-state index contributed by atoms with van der Waals surface area (Å²) < 4.78 is 6.54. The first-order valence-corrected chi connectivity index (χ1v) is 8.94. The van der Waals surface area contributed by atoms with E-state index in [1.807, 2.05) is 31.2 Å². The van der Waals surface area contributed by atoms with E-state index >= 15 is 0 Å². The molecule has 4 rings (SSSR count). The van der Waals surface area contributed by atoms with Crippen molar-refractivity contribution >= 4 is 28.6 Å². The third-order valence-corrected chi connectivity index (χ3v) is 4.78. The molecule has 27 heavy (non-hydrogen) atoms. The van der Waals surface area contributed by atoms with Gasteiger partial charge in [-0.15, -0.1) is 0 Å². The van der Waals surface area contributed by atoms with Crippen LogP contribution >= 0.6 is 0 Å². The van der Waals surface area contributed by atoms with Gasteiger partial charge in [0.2, 0.25) is 5.91 Å². The van der Waals surface area contributed by atoms with E-state index in [0.717, 1.165) is 27.7 Å². The van der Waals surface area contributed by atoms with Crippen molar-refractivity contribution in [1.29, 1.82) is 0 Å². The van der Waals surface area contributed by atoms with Crippen molar-refractivity contribution in [3.05, 3.63) is 53.3 Å². The fourth-order valence-corrected chi connectivity index (χ4v) is 3.65. The minimum absolute atomic E-state index is 0.0291. The molecule has 1 amide bonds. The summed E-state index contributed by atoms with van der Waals surface area (Å²) in [5.74, 6) is -0.0119. The van der Waals surface area contributed by atoms with E-state index in [0.29, 0.717) is 18.8 Å². The summed E-state index contributed by atoms with van der Waals surface area (Å²) in [6.07, 6.45) is 2.10. The zero-order valence-electron chi connectivity index (χ0n) is 15.2. The molecule has 0 fully saturated rings. The Balaban J connectivity index is 1.77. The third kappa shape index (κ3) is 3.16. The minimum Gasteiger partial charge on any atom is -0.465 e. The van der Waals surface area contributed by atoms with E-state index in [-0.39, 0.29) is 24.3 Å². The lowest BCUT2D eigenvalue weighted by atomic mass is 9.85. The first kappa shape index (κ1) is 17.2. The topological polar surface area (TPSA) is 86.1 Å².